The Labute approximate surface area is 140 Å². The molecule has 122 valence electrons. The molecule has 0 saturated carbocycles. The van der Waals surface area contributed by atoms with Crippen LogP contribution in [0.4, 0.5) is 5.69 Å². The second-order valence-electron chi connectivity index (χ2n) is 5.80. The molecule has 0 atom stereocenters. The third kappa shape index (κ3) is 3.54. The van der Waals surface area contributed by atoms with Gasteiger partial charge in [-0.3, -0.25) is 4.79 Å². The Morgan fingerprint density at radius 3 is 2.65 bits per heavy atom. The number of hydrogen-bond acceptors (Lipinski definition) is 5. The quantitative estimate of drug-likeness (QED) is 0.935. The van der Waals surface area contributed by atoms with Crippen molar-refractivity contribution in [3.63, 3.8) is 0 Å². The van der Waals surface area contributed by atoms with Crippen LogP contribution in [0.3, 0.4) is 0 Å². The largest absolute Gasteiger partial charge is 0.371 e. The van der Waals surface area contributed by atoms with Crippen LogP contribution in [0.2, 0.25) is 0 Å². The average molecular weight is 330 g/mol. The van der Waals surface area contributed by atoms with Gasteiger partial charge in [-0.05, 0) is 25.0 Å². The lowest BCUT2D eigenvalue weighted by Gasteiger charge is -2.37. The summed E-state index contributed by atoms with van der Waals surface area (Å²) in [6.45, 7) is 1.94. The van der Waals surface area contributed by atoms with E-state index in [-0.39, 0.29) is 5.91 Å². The number of hydrogen-bond donors (Lipinski definition) is 1. The lowest BCUT2D eigenvalue weighted by Crippen LogP contribution is -2.45. The van der Waals surface area contributed by atoms with Crippen molar-refractivity contribution < 1.29 is 4.79 Å². The average Bonchev–Trinajstić information content (AvgIpc) is 3.10. The summed E-state index contributed by atoms with van der Waals surface area (Å²) in [4.78, 5) is 21.0. The molecule has 1 aromatic carbocycles. The zero-order valence-corrected chi connectivity index (χ0v) is 14.1. The van der Waals surface area contributed by atoms with E-state index in [1.165, 1.54) is 17.0 Å². The van der Waals surface area contributed by atoms with E-state index in [9.17, 15) is 4.79 Å². The van der Waals surface area contributed by atoms with E-state index in [4.69, 9.17) is 5.73 Å². The minimum absolute atomic E-state index is 0.0294. The molecule has 0 aliphatic carbocycles. The van der Waals surface area contributed by atoms with Crippen molar-refractivity contribution >= 4 is 22.9 Å². The Bertz CT molecular complexity index is 650. The maximum atomic E-state index is 12.5. The number of nitrogens with zero attached hydrogens (tertiary/aromatic N) is 3. The van der Waals surface area contributed by atoms with Gasteiger partial charge in [0.15, 0.2) is 0 Å². The van der Waals surface area contributed by atoms with Gasteiger partial charge >= 0.3 is 0 Å². The minimum Gasteiger partial charge on any atom is -0.371 e. The van der Waals surface area contributed by atoms with Gasteiger partial charge in [-0.2, -0.15) is 0 Å². The van der Waals surface area contributed by atoms with Crippen LogP contribution in [0.5, 0.6) is 0 Å². The van der Waals surface area contributed by atoms with Gasteiger partial charge in [-0.25, -0.2) is 4.98 Å². The molecular weight excluding hydrogens is 308 g/mol. The number of amides is 1. The van der Waals surface area contributed by atoms with Crippen LogP contribution in [0, 0.1) is 0 Å². The molecule has 0 unspecified atom stereocenters. The lowest BCUT2D eigenvalue weighted by molar-refractivity contribution is 0.0708. The number of benzene rings is 1. The van der Waals surface area contributed by atoms with Gasteiger partial charge in [-0.15, -0.1) is 11.3 Å². The Hall–Kier alpha value is -1.92. The van der Waals surface area contributed by atoms with E-state index in [2.05, 4.69) is 41.2 Å². The third-order valence-electron chi connectivity index (χ3n) is 4.41. The monoisotopic (exact) mass is 330 g/mol. The van der Waals surface area contributed by atoms with E-state index in [1.807, 2.05) is 16.3 Å². The molecule has 1 amide bonds. The molecule has 0 bridgehead atoms. The second kappa shape index (κ2) is 7.10. The highest BCUT2D eigenvalue weighted by Crippen LogP contribution is 2.23. The number of nitrogens with two attached hydrogens (primary N) is 1. The second-order valence-corrected chi connectivity index (χ2v) is 6.74. The lowest BCUT2D eigenvalue weighted by atomic mass is 10.0. The zero-order chi connectivity index (χ0) is 16.2. The number of piperidine rings is 1. The summed E-state index contributed by atoms with van der Waals surface area (Å²) < 4.78 is 0. The molecule has 1 saturated heterocycles. The highest BCUT2D eigenvalue weighted by Gasteiger charge is 2.27. The number of thiazole rings is 1. The molecule has 2 heterocycles. The number of aromatic nitrogens is 1. The zero-order valence-electron chi connectivity index (χ0n) is 13.3. The Kier molecular flexibility index (Phi) is 4.93. The predicted molar refractivity (Wildman–Crippen MR) is 93.8 cm³/mol. The number of anilines is 1. The third-order valence-corrected chi connectivity index (χ3v) is 5.28. The van der Waals surface area contributed by atoms with E-state index >= 15 is 0 Å². The number of para-hydroxylation sites is 1. The van der Waals surface area contributed by atoms with Gasteiger partial charge in [0.2, 0.25) is 0 Å². The van der Waals surface area contributed by atoms with Crippen molar-refractivity contribution in [3.8, 4) is 0 Å². The van der Waals surface area contributed by atoms with Gasteiger partial charge < -0.3 is 15.5 Å². The summed E-state index contributed by atoms with van der Waals surface area (Å²) in [5, 5.41) is 2.62. The standard InChI is InChI=1S/C17H22N4OS/c1-20(13-5-3-2-4-6-13)14-7-9-21(10-8-14)17(22)15-12-23-16(11-18)19-15/h2-6,12,14H,7-11,18H2,1H3. The van der Waals surface area contributed by atoms with Crippen LogP contribution >= 0.6 is 11.3 Å². The summed E-state index contributed by atoms with van der Waals surface area (Å²) in [7, 11) is 2.13. The first-order chi connectivity index (χ1) is 11.2. The predicted octanol–water partition coefficient (Wildman–Crippen LogP) is 2.34. The van der Waals surface area contributed by atoms with Crippen molar-refractivity contribution in [2.45, 2.75) is 25.4 Å². The summed E-state index contributed by atoms with van der Waals surface area (Å²) in [5.74, 6) is 0.0294. The highest BCUT2D eigenvalue weighted by atomic mass is 32.1. The number of rotatable bonds is 4. The number of likely N-dealkylation sites (tertiary alicyclic amines) is 1. The van der Waals surface area contributed by atoms with Crippen LogP contribution in [0.1, 0.15) is 28.3 Å². The van der Waals surface area contributed by atoms with Crippen LogP contribution in [0.15, 0.2) is 35.7 Å². The van der Waals surface area contributed by atoms with Gasteiger partial charge in [0, 0.05) is 43.8 Å². The molecule has 1 fully saturated rings. The maximum Gasteiger partial charge on any atom is 0.273 e. The first-order valence-corrected chi connectivity index (χ1v) is 8.78. The van der Waals surface area contributed by atoms with E-state index in [0.717, 1.165) is 30.9 Å². The SMILES string of the molecule is CN(c1ccccc1)C1CCN(C(=O)c2csc(CN)n2)CC1. The molecule has 2 aromatic rings. The molecule has 3 rings (SSSR count). The van der Waals surface area contributed by atoms with Crippen LogP contribution < -0.4 is 10.6 Å². The van der Waals surface area contributed by atoms with E-state index in [0.29, 0.717) is 18.3 Å². The molecule has 1 aromatic heterocycles. The summed E-state index contributed by atoms with van der Waals surface area (Å²) in [5.41, 5.74) is 7.32. The normalized spacial score (nSPS) is 15.7. The molecule has 0 radical (unpaired) electrons. The Morgan fingerprint density at radius 1 is 1.35 bits per heavy atom. The fourth-order valence-corrected chi connectivity index (χ4v) is 3.64. The van der Waals surface area contributed by atoms with Crippen LogP contribution in [-0.2, 0) is 6.54 Å². The fraction of sp³-hybridized carbons (Fsp3) is 0.412. The molecule has 1 aliphatic rings. The van der Waals surface area contributed by atoms with Crippen molar-refractivity contribution in [1.29, 1.82) is 0 Å². The smallest absolute Gasteiger partial charge is 0.273 e. The molecule has 2 N–H and O–H groups in total. The minimum atomic E-state index is 0.0294. The van der Waals surface area contributed by atoms with Gasteiger partial charge in [0.05, 0.1) is 0 Å². The van der Waals surface area contributed by atoms with Crippen molar-refractivity contribution in [1.82, 2.24) is 9.88 Å². The Morgan fingerprint density at radius 2 is 2.04 bits per heavy atom. The van der Waals surface area contributed by atoms with Crippen molar-refractivity contribution in [2.75, 3.05) is 25.0 Å². The molecular formula is C17H22N4OS. The topological polar surface area (TPSA) is 62.5 Å². The van der Waals surface area contributed by atoms with Crippen LogP contribution in [0.25, 0.3) is 0 Å². The van der Waals surface area contributed by atoms with Gasteiger partial charge in [0.25, 0.3) is 5.91 Å². The van der Waals surface area contributed by atoms with Gasteiger partial charge in [0.1, 0.15) is 10.7 Å². The summed E-state index contributed by atoms with van der Waals surface area (Å²) in [6, 6.07) is 10.9. The van der Waals surface area contributed by atoms with Gasteiger partial charge in [-0.1, -0.05) is 18.2 Å². The van der Waals surface area contributed by atoms with Crippen LogP contribution in [-0.4, -0.2) is 42.0 Å². The first-order valence-electron chi connectivity index (χ1n) is 7.90. The Balaban J connectivity index is 1.59. The number of carbonyl (C=O) groups excluding carboxylic acids is 1. The molecule has 1 aliphatic heterocycles. The molecule has 0 spiro atoms. The molecule has 5 nitrogen and oxygen atoms in total. The highest BCUT2D eigenvalue weighted by molar-refractivity contribution is 7.09. The fourth-order valence-electron chi connectivity index (χ4n) is 3.00. The first kappa shape index (κ1) is 16.0. The molecule has 6 heteroatoms. The van der Waals surface area contributed by atoms with Crippen molar-refractivity contribution in [2.24, 2.45) is 5.73 Å². The number of carbonyl (C=O) groups is 1. The molecule has 23 heavy (non-hydrogen) atoms. The van der Waals surface area contributed by atoms with E-state index in [1.54, 1.807) is 0 Å². The van der Waals surface area contributed by atoms with Crippen molar-refractivity contribution in [3.05, 3.63) is 46.4 Å². The summed E-state index contributed by atoms with van der Waals surface area (Å²) >= 11 is 1.45. The maximum absolute atomic E-state index is 12.5. The van der Waals surface area contributed by atoms with E-state index < -0.39 is 0 Å². The summed E-state index contributed by atoms with van der Waals surface area (Å²) in [6.07, 6.45) is 1.95.